The Morgan fingerprint density at radius 3 is 2.79 bits per heavy atom. The van der Waals surface area contributed by atoms with Gasteiger partial charge in [0, 0.05) is 12.3 Å². The molecule has 0 bridgehead atoms. The maximum Gasteiger partial charge on any atom is 0.306 e. The lowest BCUT2D eigenvalue weighted by Crippen LogP contribution is -2.25. The molecule has 1 saturated carbocycles. The van der Waals surface area contributed by atoms with Gasteiger partial charge in [0.25, 0.3) is 0 Å². The second-order valence-corrected chi connectivity index (χ2v) is 6.75. The number of hydrogen-bond acceptors (Lipinski definition) is 4. The van der Waals surface area contributed by atoms with Crippen LogP contribution in [0.3, 0.4) is 0 Å². The van der Waals surface area contributed by atoms with Crippen molar-refractivity contribution in [2.75, 3.05) is 0 Å². The fourth-order valence-electron chi connectivity index (χ4n) is 3.12. The normalized spacial score (nSPS) is 30.1. The van der Waals surface area contributed by atoms with Crippen molar-refractivity contribution >= 4 is 5.97 Å². The topological polar surface area (TPSA) is 66.8 Å². The average molecular weight is 334 g/mol. The van der Waals surface area contributed by atoms with Crippen LogP contribution in [0.2, 0.25) is 0 Å². The molecule has 0 spiro atoms. The number of aliphatic hydroxyl groups excluding tert-OH is 2. The van der Waals surface area contributed by atoms with Crippen LogP contribution < -0.4 is 0 Å². The third-order valence-electron chi connectivity index (χ3n) is 4.69. The van der Waals surface area contributed by atoms with Gasteiger partial charge < -0.3 is 14.9 Å². The van der Waals surface area contributed by atoms with Crippen LogP contribution in [0.4, 0.5) is 0 Å². The van der Waals surface area contributed by atoms with Crippen LogP contribution in [0.25, 0.3) is 0 Å². The number of esters is 1. The highest BCUT2D eigenvalue weighted by atomic mass is 16.5. The molecule has 1 aliphatic carbocycles. The fraction of sp³-hybridized carbons (Fsp3) is 0.650. The van der Waals surface area contributed by atoms with E-state index in [9.17, 15) is 15.0 Å². The van der Waals surface area contributed by atoms with Gasteiger partial charge in [0.2, 0.25) is 0 Å². The SMILES string of the molecule is CC/C=C\C/C=C\C[C@H](O)[C@@H](O)/C=C/[C@H]1C[C@@H]1[C@H]1CCCC(=O)O1. The van der Waals surface area contributed by atoms with Gasteiger partial charge >= 0.3 is 5.97 Å². The largest absolute Gasteiger partial charge is 0.462 e. The van der Waals surface area contributed by atoms with E-state index in [0.717, 1.165) is 32.1 Å². The van der Waals surface area contributed by atoms with Crippen LogP contribution >= 0.6 is 0 Å². The molecular formula is C20H30O4. The number of cyclic esters (lactones) is 1. The van der Waals surface area contributed by atoms with Gasteiger partial charge in [-0.15, -0.1) is 0 Å². The molecular weight excluding hydrogens is 304 g/mol. The van der Waals surface area contributed by atoms with E-state index < -0.39 is 12.2 Å². The van der Waals surface area contributed by atoms with Crippen molar-refractivity contribution in [2.24, 2.45) is 11.8 Å². The minimum Gasteiger partial charge on any atom is -0.462 e. The van der Waals surface area contributed by atoms with Crippen molar-refractivity contribution in [1.82, 2.24) is 0 Å². The highest BCUT2D eigenvalue weighted by Gasteiger charge is 2.44. The zero-order chi connectivity index (χ0) is 17.4. The lowest BCUT2D eigenvalue weighted by atomic mass is 10.0. The standard InChI is InChI=1S/C20H30O4/c1-2-3-4-5-6-7-9-17(21)18(22)13-12-15-14-16(15)19-10-8-11-20(23)24-19/h3-4,6-7,12-13,15-19,21-22H,2,5,8-11,14H2,1H3/b4-3-,7-6-,13-12+/t15-,16-,17-,18-,19+/m0/s1. The van der Waals surface area contributed by atoms with Crippen molar-refractivity contribution in [3.05, 3.63) is 36.5 Å². The van der Waals surface area contributed by atoms with Gasteiger partial charge in [-0.3, -0.25) is 4.79 Å². The molecule has 0 amide bonds. The number of allylic oxidation sites excluding steroid dienone is 4. The Morgan fingerprint density at radius 2 is 2.04 bits per heavy atom. The molecule has 2 fully saturated rings. The van der Waals surface area contributed by atoms with Gasteiger partial charge in [0.15, 0.2) is 0 Å². The minimum absolute atomic E-state index is 0.0436. The molecule has 0 radical (unpaired) electrons. The van der Waals surface area contributed by atoms with Crippen LogP contribution in [0.5, 0.6) is 0 Å². The Balaban J connectivity index is 1.66. The van der Waals surface area contributed by atoms with E-state index in [1.54, 1.807) is 6.08 Å². The highest BCUT2D eigenvalue weighted by molar-refractivity contribution is 5.70. The highest BCUT2D eigenvalue weighted by Crippen LogP contribution is 2.46. The van der Waals surface area contributed by atoms with Crippen LogP contribution in [-0.2, 0) is 9.53 Å². The molecule has 0 aromatic heterocycles. The Bertz CT molecular complexity index is 480. The van der Waals surface area contributed by atoms with Gasteiger partial charge in [-0.2, -0.15) is 0 Å². The summed E-state index contributed by atoms with van der Waals surface area (Å²) in [6.45, 7) is 2.09. The summed E-state index contributed by atoms with van der Waals surface area (Å²) in [5.41, 5.74) is 0. The summed E-state index contributed by atoms with van der Waals surface area (Å²) in [6, 6.07) is 0. The van der Waals surface area contributed by atoms with E-state index in [1.807, 2.05) is 18.2 Å². The molecule has 2 rings (SSSR count). The smallest absolute Gasteiger partial charge is 0.306 e. The number of aliphatic hydroxyl groups is 2. The first-order valence-corrected chi connectivity index (χ1v) is 9.15. The van der Waals surface area contributed by atoms with Gasteiger partial charge in [-0.05, 0) is 44.4 Å². The minimum atomic E-state index is -0.851. The number of hydrogen-bond donors (Lipinski definition) is 2. The third kappa shape index (κ3) is 6.25. The Morgan fingerprint density at radius 1 is 1.25 bits per heavy atom. The summed E-state index contributed by atoms with van der Waals surface area (Å²) >= 11 is 0. The number of carbonyl (C=O) groups is 1. The molecule has 134 valence electrons. The zero-order valence-electron chi connectivity index (χ0n) is 14.5. The third-order valence-corrected chi connectivity index (χ3v) is 4.69. The van der Waals surface area contributed by atoms with Crippen molar-refractivity contribution in [2.45, 2.75) is 70.2 Å². The molecule has 4 heteroatoms. The van der Waals surface area contributed by atoms with Crippen molar-refractivity contribution in [1.29, 1.82) is 0 Å². The fourth-order valence-corrected chi connectivity index (χ4v) is 3.12. The van der Waals surface area contributed by atoms with Crippen LogP contribution in [0, 0.1) is 11.8 Å². The van der Waals surface area contributed by atoms with Gasteiger partial charge in [-0.25, -0.2) is 0 Å². The monoisotopic (exact) mass is 334 g/mol. The summed E-state index contributed by atoms with van der Waals surface area (Å²) in [5, 5.41) is 20.0. The van der Waals surface area contributed by atoms with Crippen LogP contribution in [0.1, 0.15) is 51.9 Å². The van der Waals surface area contributed by atoms with Gasteiger partial charge in [0.1, 0.15) is 6.10 Å². The zero-order valence-corrected chi connectivity index (χ0v) is 14.5. The lowest BCUT2D eigenvalue weighted by Gasteiger charge is -2.22. The molecule has 0 aromatic rings. The first kappa shape index (κ1) is 18.9. The molecule has 2 aliphatic rings. The van der Waals surface area contributed by atoms with Crippen molar-refractivity contribution in [3.8, 4) is 0 Å². The number of carbonyl (C=O) groups excluding carboxylic acids is 1. The van der Waals surface area contributed by atoms with Crippen molar-refractivity contribution < 1.29 is 19.7 Å². The van der Waals surface area contributed by atoms with Gasteiger partial charge in [-0.1, -0.05) is 43.4 Å². The molecule has 5 atom stereocenters. The maximum atomic E-state index is 11.3. The molecule has 4 nitrogen and oxygen atoms in total. The Kier molecular flexibility index (Phi) is 7.73. The second kappa shape index (κ2) is 9.80. The summed E-state index contributed by atoms with van der Waals surface area (Å²) in [7, 11) is 0. The summed E-state index contributed by atoms with van der Waals surface area (Å²) in [5.74, 6) is 0.662. The second-order valence-electron chi connectivity index (χ2n) is 6.75. The summed E-state index contributed by atoms with van der Waals surface area (Å²) in [4.78, 5) is 11.3. The number of rotatable bonds is 9. The van der Waals surface area contributed by atoms with Crippen LogP contribution in [-0.4, -0.2) is 34.5 Å². The quantitative estimate of drug-likeness (QED) is 0.501. The maximum absolute atomic E-state index is 11.3. The predicted molar refractivity (Wildman–Crippen MR) is 94.3 cm³/mol. The van der Waals surface area contributed by atoms with Gasteiger partial charge in [0.05, 0.1) is 12.2 Å². The van der Waals surface area contributed by atoms with E-state index in [0.29, 0.717) is 24.7 Å². The first-order valence-electron chi connectivity index (χ1n) is 9.15. The van der Waals surface area contributed by atoms with E-state index in [2.05, 4.69) is 19.1 Å². The Labute approximate surface area is 144 Å². The molecule has 0 aromatic carbocycles. The van der Waals surface area contributed by atoms with E-state index in [1.165, 1.54) is 0 Å². The number of ether oxygens (including phenoxy) is 1. The van der Waals surface area contributed by atoms with E-state index >= 15 is 0 Å². The Hall–Kier alpha value is -1.39. The molecule has 1 heterocycles. The van der Waals surface area contributed by atoms with E-state index in [4.69, 9.17) is 4.74 Å². The summed E-state index contributed by atoms with van der Waals surface area (Å²) in [6.07, 6.45) is 15.9. The molecule has 0 unspecified atom stereocenters. The first-order chi connectivity index (χ1) is 11.6. The van der Waals surface area contributed by atoms with E-state index in [-0.39, 0.29) is 12.1 Å². The van der Waals surface area contributed by atoms with Crippen LogP contribution in [0.15, 0.2) is 36.5 Å². The summed E-state index contributed by atoms with van der Waals surface area (Å²) < 4.78 is 5.39. The van der Waals surface area contributed by atoms with Crippen molar-refractivity contribution in [3.63, 3.8) is 0 Å². The molecule has 2 N–H and O–H groups in total. The molecule has 24 heavy (non-hydrogen) atoms. The molecule has 1 aliphatic heterocycles. The lowest BCUT2D eigenvalue weighted by molar-refractivity contribution is -0.155. The molecule has 1 saturated heterocycles. The predicted octanol–water partition coefficient (Wildman–Crippen LogP) is 3.30. The average Bonchev–Trinajstić information content (AvgIpc) is 3.35.